The zero-order valence-corrected chi connectivity index (χ0v) is 11.3. The molecule has 1 atom stereocenters. The molecule has 0 spiro atoms. The number of carbonyl (C=O) groups is 1. The van der Waals surface area contributed by atoms with E-state index in [1.165, 1.54) is 6.07 Å². The third-order valence-corrected chi connectivity index (χ3v) is 3.57. The number of aliphatic hydroxyl groups excluding tert-OH is 1. The molecule has 1 heterocycles. The maximum Gasteiger partial charge on any atom is 0.277 e. The highest BCUT2D eigenvalue weighted by Gasteiger charge is 2.33. The van der Waals surface area contributed by atoms with Crippen molar-refractivity contribution in [1.29, 1.82) is 0 Å². The van der Waals surface area contributed by atoms with Crippen molar-refractivity contribution in [1.82, 2.24) is 5.16 Å². The van der Waals surface area contributed by atoms with Crippen LogP contribution in [0.1, 0.15) is 35.2 Å². The highest BCUT2D eigenvalue weighted by Crippen LogP contribution is 2.40. The van der Waals surface area contributed by atoms with Crippen molar-refractivity contribution in [3.05, 3.63) is 46.8 Å². The second-order valence-corrected chi connectivity index (χ2v) is 5.24. The van der Waals surface area contributed by atoms with Gasteiger partial charge in [0.15, 0.2) is 11.5 Å². The minimum absolute atomic E-state index is 0.125. The quantitative estimate of drug-likeness (QED) is 0.908. The van der Waals surface area contributed by atoms with Crippen LogP contribution in [0.15, 0.2) is 34.9 Å². The highest BCUT2D eigenvalue weighted by molar-refractivity contribution is 6.33. The summed E-state index contributed by atoms with van der Waals surface area (Å²) in [6.07, 6.45) is 1.27. The Morgan fingerprint density at radius 1 is 1.45 bits per heavy atom. The van der Waals surface area contributed by atoms with Crippen LogP contribution in [-0.4, -0.2) is 16.2 Å². The maximum absolute atomic E-state index is 12.0. The summed E-state index contributed by atoms with van der Waals surface area (Å²) in [7, 11) is 0. The van der Waals surface area contributed by atoms with Crippen molar-refractivity contribution in [2.24, 2.45) is 5.92 Å². The van der Waals surface area contributed by atoms with E-state index in [4.69, 9.17) is 16.1 Å². The topological polar surface area (TPSA) is 75.4 Å². The van der Waals surface area contributed by atoms with Gasteiger partial charge in [0, 0.05) is 6.07 Å². The Balaban J connectivity index is 1.72. The van der Waals surface area contributed by atoms with Gasteiger partial charge in [0.25, 0.3) is 5.91 Å². The van der Waals surface area contributed by atoms with Gasteiger partial charge in [0.05, 0.1) is 10.7 Å². The second-order valence-electron chi connectivity index (χ2n) is 4.83. The standard InChI is InChI=1S/C14H13ClN2O3/c15-9-3-1-2-4-10(9)16-14(19)11-7-12(20-17-11)13(18)8-5-6-8/h1-4,7-8,13,18H,5-6H2,(H,16,19). The van der Waals surface area contributed by atoms with Crippen LogP contribution in [0.2, 0.25) is 5.02 Å². The van der Waals surface area contributed by atoms with Crippen molar-refractivity contribution in [2.75, 3.05) is 5.32 Å². The molecular formula is C14H13ClN2O3. The van der Waals surface area contributed by atoms with Gasteiger partial charge in [-0.3, -0.25) is 4.79 Å². The third kappa shape index (κ3) is 2.69. The number of halogens is 1. The summed E-state index contributed by atoms with van der Waals surface area (Å²) in [5.41, 5.74) is 0.631. The number of aliphatic hydroxyl groups is 1. The average molecular weight is 293 g/mol. The molecule has 1 amide bonds. The fourth-order valence-corrected chi connectivity index (χ4v) is 2.11. The number of aromatic nitrogens is 1. The van der Waals surface area contributed by atoms with Crippen LogP contribution in [0.25, 0.3) is 0 Å². The number of hydrogen-bond donors (Lipinski definition) is 2. The van der Waals surface area contributed by atoms with Crippen molar-refractivity contribution >= 4 is 23.2 Å². The Morgan fingerprint density at radius 2 is 2.20 bits per heavy atom. The summed E-state index contributed by atoms with van der Waals surface area (Å²) in [4.78, 5) is 12.0. The predicted molar refractivity (Wildman–Crippen MR) is 73.6 cm³/mol. The molecule has 0 radical (unpaired) electrons. The maximum atomic E-state index is 12.0. The van der Waals surface area contributed by atoms with Crippen LogP contribution in [0, 0.1) is 5.92 Å². The highest BCUT2D eigenvalue weighted by atomic mass is 35.5. The average Bonchev–Trinajstić information content (AvgIpc) is 3.17. The predicted octanol–water partition coefficient (Wildman–Crippen LogP) is 3.02. The molecule has 20 heavy (non-hydrogen) atoms. The van der Waals surface area contributed by atoms with Crippen LogP contribution < -0.4 is 5.32 Å². The van der Waals surface area contributed by atoms with Crippen molar-refractivity contribution in [3.8, 4) is 0 Å². The summed E-state index contributed by atoms with van der Waals surface area (Å²) in [5.74, 6) is 0.135. The summed E-state index contributed by atoms with van der Waals surface area (Å²) in [6, 6.07) is 8.39. The molecule has 0 bridgehead atoms. The van der Waals surface area contributed by atoms with E-state index in [1.807, 2.05) is 0 Å². The zero-order valence-electron chi connectivity index (χ0n) is 10.5. The number of rotatable bonds is 4. The monoisotopic (exact) mass is 292 g/mol. The molecule has 1 aromatic carbocycles. The molecule has 0 aliphatic heterocycles. The van der Waals surface area contributed by atoms with E-state index in [2.05, 4.69) is 10.5 Å². The molecule has 2 aromatic rings. The Bertz CT molecular complexity index is 637. The van der Waals surface area contributed by atoms with Crippen LogP contribution in [0.4, 0.5) is 5.69 Å². The number of carbonyl (C=O) groups excluding carboxylic acids is 1. The lowest BCUT2D eigenvalue weighted by Crippen LogP contribution is -2.12. The summed E-state index contributed by atoms with van der Waals surface area (Å²) in [5, 5.41) is 16.7. The van der Waals surface area contributed by atoms with E-state index >= 15 is 0 Å². The van der Waals surface area contributed by atoms with E-state index in [9.17, 15) is 9.90 Å². The summed E-state index contributed by atoms with van der Waals surface area (Å²) < 4.78 is 5.02. The van der Waals surface area contributed by atoms with Gasteiger partial charge in [-0.15, -0.1) is 0 Å². The molecule has 104 valence electrons. The fraction of sp³-hybridized carbons (Fsp3) is 0.286. The molecule has 5 nitrogen and oxygen atoms in total. The third-order valence-electron chi connectivity index (χ3n) is 3.24. The van der Waals surface area contributed by atoms with Gasteiger partial charge in [-0.2, -0.15) is 0 Å². The second kappa shape index (κ2) is 5.26. The number of amides is 1. The van der Waals surface area contributed by atoms with E-state index in [1.54, 1.807) is 24.3 Å². The minimum Gasteiger partial charge on any atom is -0.385 e. The van der Waals surface area contributed by atoms with E-state index in [0.29, 0.717) is 16.5 Å². The Morgan fingerprint density at radius 3 is 2.90 bits per heavy atom. The molecule has 1 aliphatic rings. The fourth-order valence-electron chi connectivity index (χ4n) is 1.93. The van der Waals surface area contributed by atoms with Crippen LogP contribution >= 0.6 is 11.6 Å². The molecule has 0 saturated heterocycles. The lowest BCUT2D eigenvalue weighted by molar-refractivity contribution is 0.101. The molecule has 6 heteroatoms. The molecule has 1 saturated carbocycles. The van der Waals surface area contributed by atoms with Gasteiger partial charge in [-0.25, -0.2) is 0 Å². The largest absolute Gasteiger partial charge is 0.385 e. The first-order chi connectivity index (χ1) is 9.65. The lowest BCUT2D eigenvalue weighted by Gasteiger charge is -2.04. The first-order valence-electron chi connectivity index (χ1n) is 6.35. The van der Waals surface area contributed by atoms with Gasteiger partial charge < -0.3 is 14.9 Å². The zero-order chi connectivity index (χ0) is 14.1. The smallest absolute Gasteiger partial charge is 0.277 e. The van der Waals surface area contributed by atoms with Gasteiger partial charge in [0.1, 0.15) is 6.10 Å². The van der Waals surface area contributed by atoms with Gasteiger partial charge in [-0.05, 0) is 30.9 Å². The lowest BCUT2D eigenvalue weighted by atomic mass is 10.2. The van der Waals surface area contributed by atoms with Gasteiger partial charge in [0.2, 0.25) is 0 Å². The van der Waals surface area contributed by atoms with Gasteiger partial charge >= 0.3 is 0 Å². The Labute approximate surface area is 120 Å². The molecule has 1 aliphatic carbocycles. The van der Waals surface area contributed by atoms with Crippen molar-refractivity contribution in [2.45, 2.75) is 18.9 Å². The van der Waals surface area contributed by atoms with Crippen LogP contribution in [0.3, 0.4) is 0 Å². The first-order valence-corrected chi connectivity index (χ1v) is 6.73. The van der Waals surface area contributed by atoms with E-state index in [0.717, 1.165) is 12.8 Å². The van der Waals surface area contributed by atoms with Crippen molar-refractivity contribution < 1.29 is 14.4 Å². The number of hydrogen-bond acceptors (Lipinski definition) is 4. The Hall–Kier alpha value is -1.85. The first kappa shape index (κ1) is 13.1. The molecule has 2 N–H and O–H groups in total. The number of anilines is 1. The summed E-state index contributed by atoms with van der Waals surface area (Å²) >= 11 is 5.96. The number of nitrogens with one attached hydrogen (secondary N) is 1. The van der Waals surface area contributed by atoms with E-state index < -0.39 is 12.0 Å². The minimum atomic E-state index is -0.677. The van der Waals surface area contributed by atoms with E-state index in [-0.39, 0.29) is 11.6 Å². The van der Waals surface area contributed by atoms with Gasteiger partial charge in [-0.1, -0.05) is 28.9 Å². The number of para-hydroxylation sites is 1. The Kier molecular flexibility index (Phi) is 3.46. The van der Waals surface area contributed by atoms with Crippen LogP contribution in [0.5, 0.6) is 0 Å². The number of benzene rings is 1. The summed E-state index contributed by atoms with van der Waals surface area (Å²) in [6.45, 7) is 0. The number of nitrogens with zero attached hydrogens (tertiary/aromatic N) is 1. The molecular weight excluding hydrogens is 280 g/mol. The van der Waals surface area contributed by atoms with Crippen LogP contribution in [-0.2, 0) is 0 Å². The normalized spacial score (nSPS) is 15.9. The SMILES string of the molecule is O=C(Nc1ccccc1Cl)c1cc(C(O)C2CC2)on1. The molecule has 3 rings (SSSR count). The molecule has 1 aromatic heterocycles. The molecule has 1 unspecified atom stereocenters. The molecule has 1 fully saturated rings. The van der Waals surface area contributed by atoms with Crippen molar-refractivity contribution in [3.63, 3.8) is 0 Å².